The fraction of sp³-hybridized carbons (Fsp3) is 0.833. The van der Waals surface area contributed by atoms with Crippen molar-refractivity contribution < 1.29 is 13.2 Å². The van der Waals surface area contributed by atoms with Gasteiger partial charge in [-0.1, -0.05) is 0 Å². The zero-order valence-electron chi connectivity index (χ0n) is 10.8. The van der Waals surface area contributed by atoms with E-state index >= 15 is 0 Å². The number of nitrogens with zero attached hydrogens (tertiary/aromatic N) is 1. The second kappa shape index (κ2) is 6.04. The molecule has 2 atom stereocenters. The van der Waals surface area contributed by atoms with Crippen molar-refractivity contribution in [3.8, 4) is 0 Å². The van der Waals surface area contributed by atoms with Crippen molar-refractivity contribution in [1.29, 1.82) is 0 Å². The molecule has 0 aromatic carbocycles. The van der Waals surface area contributed by atoms with Gasteiger partial charge >= 0.3 is 0 Å². The van der Waals surface area contributed by atoms with Gasteiger partial charge in [-0.25, -0.2) is 13.1 Å². The Bertz CT molecular complexity index is 394. The van der Waals surface area contributed by atoms with E-state index in [2.05, 4.69) is 9.62 Å². The fourth-order valence-electron chi connectivity index (χ4n) is 2.63. The predicted octanol–water partition coefficient (Wildman–Crippen LogP) is 0.693. The van der Waals surface area contributed by atoms with E-state index in [9.17, 15) is 8.42 Å². The van der Waals surface area contributed by atoms with E-state index < -0.39 is 10.0 Å². The second-order valence-electron chi connectivity index (χ2n) is 5.20. The molecule has 18 heavy (non-hydrogen) atoms. The molecule has 0 aromatic rings. The molecular formula is C12H22N2O3S. The van der Waals surface area contributed by atoms with E-state index in [1.54, 1.807) is 6.26 Å². The van der Waals surface area contributed by atoms with Crippen molar-refractivity contribution in [3.05, 3.63) is 12.3 Å². The molecule has 1 N–H and O–H groups in total. The van der Waals surface area contributed by atoms with Crippen LogP contribution in [0, 0.1) is 0 Å². The van der Waals surface area contributed by atoms with Crippen LogP contribution in [0.15, 0.2) is 12.3 Å². The molecule has 2 aliphatic heterocycles. The second-order valence-corrected chi connectivity index (χ2v) is 6.98. The van der Waals surface area contributed by atoms with Gasteiger partial charge in [0.15, 0.2) is 0 Å². The number of ether oxygens (including phenoxy) is 1. The van der Waals surface area contributed by atoms with Crippen molar-refractivity contribution in [2.75, 3.05) is 25.9 Å². The molecule has 2 heterocycles. The van der Waals surface area contributed by atoms with Gasteiger partial charge in [0.25, 0.3) is 0 Å². The van der Waals surface area contributed by atoms with E-state index in [1.807, 2.05) is 6.08 Å². The highest BCUT2D eigenvalue weighted by atomic mass is 32.2. The fourth-order valence-corrected chi connectivity index (χ4v) is 3.43. The largest absolute Gasteiger partial charge is 0.497 e. The Kier molecular flexibility index (Phi) is 4.64. The molecule has 0 aromatic heterocycles. The number of hydrogen-bond acceptors (Lipinski definition) is 4. The Hall–Kier alpha value is -0.590. The lowest BCUT2D eigenvalue weighted by molar-refractivity contribution is 0.0667. The quantitative estimate of drug-likeness (QED) is 0.819. The van der Waals surface area contributed by atoms with Gasteiger partial charge in [-0.15, -0.1) is 0 Å². The normalized spacial score (nSPS) is 30.1. The summed E-state index contributed by atoms with van der Waals surface area (Å²) >= 11 is 0. The van der Waals surface area contributed by atoms with Gasteiger partial charge in [-0.3, -0.25) is 4.90 Å². The summed E-state index contributed by atoms with van der Waals surface area (Å²) in [4.78, 5) is 2.30. The summed E-state index contributed by atoms with van der Waals surface area (Å²) in [6, 6.07) is 0.0490. The van der Waals surface area contributed by atoms with Crippen LogP contribution in [0.2, 0.25) is 0 Å². The van der Waals surface area contributed by atoms with Gasteiger partial charge in [0.2, 0.25) is 10.0 Å². The van der Waals surface area contributed by atoms with Crippen LogP contribution in [0.25, 0.3) is 0 Å². The maximum Gasteiger partial charge on any atom is 0.208 e. The Labute approximate surface area is 109 Å². The van der Waals surface area contributed by atoms with Crippen molar-refractivity contribution in [3.63, 3.8) is 0 Å². The lowest BCUT2D eigenvalue weighted by Crippen LogP contribution is -2.49. The Morgan fingerprint density at radius 3 is 2.94 bits per heavy atom. The van der Waals surface area contributed by atoms with Gasteiger partial charge in [-0.2, -0.15) is 0 Å². The van der Waals surface area contributed by atoms with Gasteiger partial charge < -0.3 is 4.74 Å². The number of rotatable bonds is 4. The number of sulfonamides is 1. The molecule has 0 saturated carbocycles. The first-order valence-corrected chi connectivity index (χ1v) is 8.42. The Morgan fingerprint density at radius 1 is 1.44 bits per heavy atom. The van der Waals surface area contributed by atoms with Gasteiger partial charge in [0.05, 0.1) is 12.5 Å². The van der Waals surface area contributed by atoms with Crippen molar-refractivity contribution in [2.45, 2.75) is 37.8 Å². The van der Waals surface area contributed by atoms with Crippen molar-refractivity contribution in [1.82, 2.24) is 9.62 Å². The highest BCUT2D eigenvalue weighted by molar-refractivity contribution is 7.88. The topological polar surface area (TPSA) is 58.6 Å². The van der Waals surface area contributed by atoms with Crippen LogP contribution in [-0.4, -0.2) is 51.4 Å². The maximum absolute atomic E-state index is 11.2. The molecule has 1 fully saturated rings. The van der Waals surface area contributed by atoms with Crippen LogP contribution >= 0.6 is 0 Å². The number of allylic oxidation sites excluding steroid dienone is 1. The zero-order valence-corrected chi connectivity index (χ0v) is 11.7. The highest BCUT2D eigenvalue weighted by Crippen LogP contribution is 2.16. The molecule has 0 radical (unpaired) electrons. The molecule has 0 unspecified atom stereocenters. The Balaban J connectivity index is 1.81. The molecule has 2 rings (SSSR count). The zero-order chi connectivity index (χ0) is 13.0. The smallest absolute Gasteiger partial charge is 0.208 e. The molecule has 0 aliphatic carbocycles. The lowest BCUT2D eigenvalue weighted by Gasteiger charge is -2.35. The standard InChI is InChI=1S/C12H22N2O3S/c1-18(15,16)13-11-5-4-7-14(9-11)10-12-6-2-3-8-17-12/h3,8,11-13H,2,4-7,9-10H2,1H3/t11-,12+/m1/s1. The number of nitrogens with one attached hydrogen (secondary N) is 1. The first-order chi connectivity index (χ1) is 8.53. The monoisotopic (exact) mass is 274 g/mol. The first-order valence-electron chi connectivity index (χ1n) is 6.53. The maximum atomic E-state index is 11.2. The molecule has 104 valence electrons. The van der Waals surface area contributed by atoms with Crippen LogP contribution in [-0.2, 0) is 14.8 Å². The third-order valence-electron chi connectivity index (χ3n) is 3.37. The first kappa shape index (κ1) is 13.8. The van der Waals surface area contributed by atoms with E-state index in [0.29, 0.717) is 0 Å². The van der Waals surface area contributed by atoms with Gasteiger partial charge in [0, 0.05) is 19.1 Å². The lowest BCUT2D eigenvalue weighted by atomic mass is 10.1. The van der Waals surface area contributed by atoms with Crippen LogP contribution in [0.3, 0.4) is 0 Å². The van der Waals surface area contributed by atoms with Crippen LogP contribution in [0.1, 0.15) is 25.7 Å². The minimum Gasteiger partial charge on any atom is -0.497 e. The summed E-state index contributed by atoms with van der Waals surface area (Å²) in [6.07, 6.45) is 9.39. The summed E-state index contributed by atoms with van der Waals surface area (Å²) in [5.41, 5.74) is 0. The molecule has 6 heteroatoms. The summed E-state index contributed by atoms with van der Waals surface area (Å²) in [5, 5.41) is 0. The van der Waals surface area contributed by atoms with Crippen LogP contribution in [0.5, 0.6) is 0 Å². The van der Waals surface area contributed by atoms with E-state index in [0.717, 1.165) is 45.3 Å². The average Bonchev–Trinajstić information content (AvgIpc) is 2.28. The number of hydrogen-bond donors (Lipinski definition) is 1. The third-order valence-corrected chi connectivity index (χ3v) is 4.13. The Morgan fingerprint density at radius 2 is 2.28 bits per heavy atom. The number of likely N-dealkylation sites (tertiary alicyclic amines) is 1. The molecular weight excluding hydrogens is 252 g/mol. The van der Waals surface area contributed by atoms with E-state index in [4.69, 9.17) is 4.74 Å². The van der Waals surface area contributed by atoms with Crippen molar-refractivity contribution in [2.24, 2.45) is 0 Å². The van der Waals surface area contributed by atoms with E-state index in [1.165, 1.54) is 6.26 Å². The molecule has 1 saturated heterocycles. The van der Waals surface area contributed by atoms with Crippen molar-refractivity contribution >= 4 is 10.0 Å². The highest BCUT2D eigenvalue weighted by Gasteiger charge is 2.24. The SMILES string of the molecule is CS(=O)(=O)N[C@@H]1CCCN(C[C@@H]2CCC=CO2)C1. The van der Waals surface area contributed by atoms with Crippen LogP contribution in [0.4, 0.5) is 0 Å². The van der Waals surface area contributed by atoms with E-state index in [-0.39, 0.29) is 12.1 Å². The molecule has 0 amide bonds. The molecule has 2 aliphatic rings. The summed E-state index contributed by atoms with van der Waals surface area (Å²) in [6.45, 7) is 2.72. The minimum atomic E-state index is -3.10. The average molecular weight is 274 g/mol. The summed E-state index contributed by atoms with van der Waals surface area (Å²) < 4.78 is 30.7. The molecule has 0 spiro atoms. The minimum absolute atomic E-state index is 0.0490. The molecule has 5 nitrogen and oxygen atoms in total. The van der Waals surface area contributed by atoms with Gasteiger partial charge in [-0.05, 0) is 38.3 Å². The molecule has 0 bridgehead atoms. The summed E-state index contributed by atoms with van der Waals surface area (Å²) in [5.74, 6) is 0. The van der Waals surface area contributed by atoms with Gasteiger partial charge in [0.1, 0.15) is 6.10 Å². The summed E-state index contributed by atoms with van der Waals surface area (Å²) in [7, 11) is -3.10. The number of piperidine rings is 1. The van der Waals surface area contributed by atoms with Crippen LogP contribution < -0.4 is 4.72 Å². The predicted molar refractivity (Wildman–Crippen MR) is 70.7 cm³/mol. The third kappa shape index (κ3) is 4.59.